The molecule has 0 radical (unpaired) electrons. The summed E-state index contributed by atoms with van der Waals surface area (Å²) in [5.41, 5.74) is 3.26. The van der Waals surface area contributed by atoms with Gasteiger partial charge in [0.1, 0.15) is 12.6 Å². The molecule has 7 nitrogen and oxygen atoms in total. The van der Waals surface area contributed by atoms with E-state index in [1.807, 2.05) is 64.1 Å². The summed E-state index contributed by atoms with van der Waals surface area (Å²) < 4.78 is 28.8. The second kappa shape index (κ2) is 13.1. The molecule has 0 bridgehead atoms. The van der Waals surface area contributed by atoms with Crippen LogP contribution in [-0.2, 0) is 26.0 Å². The number of nitrogens with one attached hydrogen (secondary N) is 1. The number of sulfonamides is 1. The van der Waals surface area contributed by atoms with E-state index in [1.165, 1.54) is 29.2 Å². The lowest BCUT2D eigenvalue weighted by atomic mass is 10.1. The summed E-state index contributed by atoms with van der Waals surface area (Å²) in [4.78, 5) is 28.3. The molecule has 0 unspecified atom stereocenters. The van der Waals surface area contributed by atoms with Crippen LogP contribution in [0.1, 0.15) is 37.5 Å². The first-order valence-corrected chi connectivity index (χ1v) is 14.7. The maximum atomic E-state index is 13.9. The molecule has 3 rings (SSSR count). The Morgan fingerprint density at radius 3 is 2.13 bits per heavy atom. The number of aryl methyl sites for hydroxylation is 2. The number of carbonyl (C=O) groups excluding carboxylic acids is 2. The van der Waals surface area contributed by atoms with Crippen molar-refractivity contribution in [2.75, 3.05) is 17.4 Å². The van der Waals surface area contributed by atoms with Crippen molar-refractivity contribution in [3.8, 4) is 0 Å². The van der Waals surface area contributed by atoms with Gasteiger partial charge in [0.2, 0.25) is 11.8 Å². The molecule has 1 N–H and O–H groups in total. The minimum Gasteiger partial charge on any atom is -0.352 e. The molecule has 1 atom stereocenters. The Hall–Kier alpha value is -3.36. The molecule has 3 aromatic carbocycles. The molecule has 0 saturated heterocycles. The highest BCUT2D eigenvalue weighted by atomic mass is 35.5. The van der Waals surface area contributed by atoms with Crippen LogP contribution >= 0.6 is 11.6 Å². The molecule has 0 fully saturated rings. The van der Waals surface area contributed by atoms with Crippen molar-refractivity contribution in [1.82, 2.24) is 10.2 Å². The Bertz CT molecular complexity index is 1390. The third-order valence-electron chi connectivity index (χ3n) is 6.54. The minimum absolute atomic E-state index is 0.0133. The average Bonchev–Trinajstić information content (AvgIpc) is 2.89. The Morgan fingerprint density at radius 2 is 1.54 bits per heavy atom. The number of hydrogen-bond donors (Lipinski definition) is 1. The Kier molecular flexibility index (Phi) is 10.2. The number of halogens is 1. The smallest absolute Gasteiger partial charge is 0.264 e. The fraction of sp³-hybridized carbons (Fsp3) is 0.333. The molecule has 9 heteroatoms. The van der Waals surface area contributed by atoms with E-state index in [0.29, 0.717) is 17.1 Å². The van der Waals surface area contributed by atoms with Crippen LogP contribution in [-0.4, -0.2) is 50.3 Å². The molecule has 2 amide bonds. The zero-order valence-corrected chi connectivity index (χ0v) is 24.6. The van der Waals surface area contributed by atoms with Crippen molar-refractivity contribution in [3.05, 3.63) is 94.5 Å². The van der Waals surface area contributed by atoms with E-state index >= 15 is 0 Å². The third kappa shape index (κ3) is 7.83. The van der Waals surface area contributed by atoms with Crippen LogP contribution in [0.25, 0.3) is 0 Å². The first kappa shape index (κ1) is 30.2. The second-order valence-corrected chi connectivity index (χ2v) is 12.2. The Morgan fingerprint density at radius 1 is 0.897 bits per heavy atom. The Balaban J connectivity index is 2.00. The van der Waals surface area contributed by atoms with Gasteiger partial charge in [0.05, 0.1) is 10.6 Å². The molecule has 0 spiro atoms. The van der Waals surface area contributed by atoms with Crippen LogP contribution in [0.4, 0.5) is 5.69 Å². The van der Waals surface area contributed by atoms with Gasteiger partial charge < -0.3 is 10.2 Å². The molecule has 0 heterocycles. The monoisotopic (exact) mass is 569 g/mol. The van der Waals surface area contributed by atoms with Crippen LogP contribution in [0, 0.1) is 13.8 Å². The van der Waals surface area contributed by atoms with Gasteiger partial charge in [-0.05, 0) is 94.1 Å². The van der Waals surface area contributed by atoms with Crippen molar-refractivity contribution in [2.45, 2.75) is 58.0 Å². The normalized spacial score (nSPS) is 12.2. The number of rotatable bonds is 11. The van der Waals surface area contributed by atoms with Crippen molar-refractivity contribution in [1.29, 1.82) is 0 Å². The van der Waals surface area contributed by atoms with E-state index < -0.39 is 28.5 Å². The number of amides is 2. The quantitative estimate of drug-likeness (QED) is 0.346. The molecule has 208 valence electrons. The van der Waals surface area contributed by atoms with E-state index in [0.717, 1.165) is 21.0 Å². The van der Waals surface area contributed by atoms with Crippen molar-refractivity contribution >= 4 is 39.1 Å². The highest BCUT2D eigenvalue weighted by molar-refractivity contribution is 7.92. The largest absolute Gasteiger partial charge is 0.352 e. The molecular weight excluding hydrogens is 534 g/mol. The number of nitrogens with zero attached hydrogens (tertiary/aromatic N) is 2. The first-order valence-electron chi connectivity index (χ1n) is 12.9. The van der Waals surface area contributed by atoms with Gasteiger partial charge in [-0.1, -0.05) is 48.0 Å². The molecule has 0 aliphatic carbocycles. The maximum absolute atomic E-state index is 13.9. The van der Waals surface area contributed by atoms with Crippen LogP contribution in [0.15, 0.2) is 77.7 Å². The predicted molar refractivity (Wildman–Crippen MR) is 156 cm³/mol. The standard InChI is InChI=1S/C30H36ClN3O4S/c1-21(2)32-30(36)24(5)33(18-17-25-9-7-6-8-10-25)29(35)20-34(27-14-11-22(3)23(4)19-27)39(37,38)28-15-12-26(31)13-16-28/h6-16,19,21,24H,17-18,20H2,1-5H3,(H,32,36)/t24-/m0/s1. The zero-order valence-electron chi connectivity index (χ0n) is 23.0. The predicted octanol–water partition coefficient (Wildman–Crippen LogP) is 5.14. The number of benzene rings is 3. The van der Waals surface area contributed by atoms with Gasteiger partial charge in [0, 0.05) is 17.6 Å². The molecule has 3 aromatic rings. The average molecular weight is 570 g/mol. The van der Waals surface area contributed by atoms with Gasteiger partial charge in [0.15, 0.2) is 0 Å². The van der Waals surface area contributed by atoms with Crippen molar-refractivity contribution < 1.29 is 18.0 Å². The second-order valence-electron chi connectivity index (χ2n) is 9.90. The van der Waals surface area contributed by atoms with E-state index in [-0.39, 0.29) is 23.4 Å². The SMILES string of the molecule is Cc1ccc(N(CC(=O)N(CCc2ccccc2)[C@@H](C)C(=O)NC(C)C)S(=O)(=O)c2ccc(Cl)cc2)cc1C. The van der Waals surface area contributed by atoms with E-state index in [1.54, 1.807) is 19.1 Å². The van der Waals surface area contributed by atoms with Crippen LogP contribution in [0.2, 0.25) is 5.02 Å². The lowest BCUT2D eigenvalue weighted by Crippen LogP contribution is -2.53. The molecule has 0 aromatic heterocycles. The van der Waals surface area contributed by atoms with Crippen LogP contribution in [0.3, 0.4) is 0 Å². The highest BCUT2D eigenvalue weighted by Crippen LogP contribution is 2.27. The van der Waals surface area contributed by atoms with E-state index in [9.17, 15) is 18.0 Å². The first-order chi connectivity index (χ1) is 18.4. The molecule has 0 saturated carbocycles. The van der Waals surface area contributed by atoms with Gasteiger partial charge in [0.25, 0.3) is 10.0 Å². The molecule has 39 heavy (non-hydrogen) atoms. The molecule has 0 aliphatic heterocycles. The third-order valence-corrected chi connectivity index (χ3v) is 8.58. The summed E-state index contributed by atoms with van der Waals surface area (Å²) in [7, 11) is -4.13. The van der Waals surface area contributed by atoms with Gasteiger partial charge in [-0.3, -0.25) is 13.9 Å². The van der Waals surface area contributed by atoms with Crippen LogP contribution < -0.4 is 9.62 Å². The molecular formula is C30H36ClN3O4S. The lowest BCUT2D eigenvalue weighted by molar-refractivity contribution is -0.139. The van der Waals surface area contributed by atoms with Gasteiger partial charge in [-0.15, -0.1) is 0 Å². The zero-order chi connectivity index (χ0) is 28.7. The summed E-state index contributed by atoms with van der Waals surface area (Å²) in [6.07, 6.45) is 0.513. The highest BCUT2D eigenvalue weighted by Gasteiger charge is 2.32. The fourth-order valence-electron chi connectivity index (χ4n) is 4.12. The number of carbonyl (C=O) groups is 2. The van der Waals surface area contributed by atoms with E-state index in [4.69, 9.17) is 11.6 Å². The molecule has 0 aliphatic rings. The number of anilines is 1. The summed E-state index contributed by atoms with van der Waals surface area (Å²) >= 11 is 6.00. The summed E-state index contributed by atoms with van der Waals surface area (Å²) in [6.45, 7) is 8.95. The minimum atomic E-state index is -4.13. The fourth-order valence-corrected chi connectivity index (χ4v) is 5.65. The maximum Gasteiger partial charge on any atom is 0.264 e. The number of hydrogen-bond acceptors (Lipinski definition) is 4. The topological polar surface area (TPSA) is 86.8 Å². The van der Waals surface area contributed by atoms with Gasteiger partial charge in [-0.2, -0.15) is 0 Å². The van der Waals surface area contributed by atoms with Crippen molar-refractivity contribution in [2.24, 2.45) is 0 Å². The lowest BCUT2D eigenvalue weighted by Gasteiger charge is -2.32. The van der Waals surface area contributed by atoms with Crippen molar-refractivity contribution in [3.63, 3.8) is 0 Å². The van der Waals surface area contributed by atoms with Gasteiger partial charge in [-0.25, -0.2) is 8.42 Å². The van der Waals surface area contributed by atoms with Gasteiger partial charge >= 0.3 is 0 Å². The van der Waals surface area contributed by atoms with E-state index in [2.05, 4.69) is 5.32 Å². The summed E-state index contributed by atoms with van der Waals surface area (Å²) in [6, 6.07) is 19.8. The Labute approximate surface area is 236 Å². The summed E-state index contributed by atoms with van der Waals surface area (Å²) in [5, 5.41) is 3.26. The summed E-state index contributed by atoms with van der Waals surface area (Å²) in [5.74, 6) is -0.780. The van der Waals surface area contributed by atoms with Crippen LogP contribution in [0.5, 0.6) is 0 Å².